The molecule has 3 N–H and O–H groups in total. The molecule has 0 aliphatic rings. The Morgan fingerprint density at radius 2 is 2.07 bits per heavy atom. The predicted octanol–water partition coefficient (Wildman–Crippen LogP) is 1.74. The molecule has 1 aromatic carbocycles. The highest BCUT2D eigenvalue weighted by Crippen LogP contribution is 2.20. The summed E-state index contributed by atoms with van der Waals surface area (Å²) >= 11 is 0. The molecule has 1 aromatic rings. The fourth-order valence-corrected chi connectivity index (χ4v) is 1.23. The molecule has 0 fully saturated rings. The molecule has 0 aliphatic heterocycles. The molecule has 0 spiro atoms. The SMILES string of the molecule is CC[C@H](O)[C@H](N)c1ccc(F)cc1F. The maximum Gasteiger partial charge on any atom is 0.130 e. The van der Waals surface area contributed by atoms with E-state index in [0.29, 0.717) is 6.42 Å². The van der Waals surface area contributed by atoms with Gasteiger partial charge in [0.1, 0.15) is 11.6 Å². The van der Waals surface area contributed by atoms with Gasteiger partial charge in [0.2, 0.25) is 0 Å². The van der Waals surface area contributed by atoms with Crippen molar-refractivity contribution in [2.24, 2.45) is 5.73 Å². The van der Waals surface area contributed by atoms with Crippen LogP contribution in [0, 0.1) is 11.6 Å². The van der Waals surface area contributed by atoms with Gasteiger partial charge in [-0.3, -0.25) is 0 Å². The molecule has 0 radical (unpaired) electrons. The summed E-state index contributed by atoms with van der Waals surface area (Å²) in [6.07, 6.45) is -0.382. The van der Waals surface area contributed by atoms with Crippen LogP contribution in [0.5, 0.6) is 0 Å². The summed E-state index contributed by atoms with van der Waals surface area (Å²) in [5.74, 6) is -1.37. The van der Waals surface area contributed by atoms with E-state index in [4.69, 9.17) is 5.73 Å². The zero-order valence-electron chi connectivity index (χ0n) is 7.87. The van der Waals surface area contributed by atoms with Crippen molar-refractivity contribution >= 4 is 0 Å². The van der Waals surface area contributed by atoms with Gasteiger partial charge in [0.15, 0.2) is 0 Å². The lowest BCUT2D eigenvalue weighted by Gasteiger charge is -2.17. The van der Waals surface area contributed by atoms with Crippen molar-refractivity contribution in [3.63, 3.8) is 0 Å². The van der Waals surface area contributed by atoms with E-state index in [0.717, 1.165) is 12.1 Å². The van der Waals surface area contributed by atoms with Gasteiger partial charge in [-0.1, -0.05) is 13.0 Å². The summed E-state index contributed by atoms with van der Waals surface area (Å²) in [5.41, 5.74) is 5.73. The predicted molar refractivity (Wildman–Crippen MR) is 49.6 cm³/mol. The Bertz CT molecular complexity index is 317. The van der Waals surface area contributed by atoms with Crippen LogP contribution in [0.1, 0.15) is 24.9 Å². The van der Waals surface area contributed by atoms with Crippen molar-refractivity contribution in [3.8, 4) is 0 Å². The van der Waals surface area contributed by atoms with Crippen LogP contribution in [0.3, 0.4) is 0 Å². The number of hydrogen-bond acceptors (Lipinski definition) is 2. The summed E-state index contributed by atoms with van der Waals surface area (Å²) in [6, 6.07) is 2.34. The van der Waals surface area contributed by atoms with E-state index in [2.05, 4.69) is 0 Å². The average Bonchev–Trinajstić information content (AvgIpc) is 2.15. The minimum atomic E-state index is -0.810. The lowest BCUT2D eigenvalue weighted by Crippen LogP contribution is -2.26. The second-order valence-corrected chi connectivity index (χ2v) is 3.17. The van der Waals surface area contributed by atoms with Crippen LogP contribution in [0.25, 0.3) is 0 Å². The van der Waals surface area contributed by atoms with E-state index in [1.165, 1.54) is 6.07 Å². The average molecular weight is 201 g/mol. The fraction of sp³-hybridized carbons (Fsp3) is 0.400. The van der Waals surface area contributed by atoms with Gasteiger partial charge in [0.05, 0.1) is 12.1 Å². The zero-order chi connectivity index (χ0) is 10.7. The van der Waals surface area contributed by atoms with E-state index in [1.54, 1.807) is 6.92 Å². The normalized spacial score (nSPS) is 15.2. The van der Waals surface area contributed by atoms with Gasteiger partial charge in [-0.25, -0.2) is 8.78 Å². The molecular weight excluding hydrogens is 188 g/mol. The van der Waals surface area contributed by atoms with Gasteiger partial charge in [-0.05, 0) is 12.5 Å². The molecule has 2 nitrogen and oxygen atoms in total. The first-order valence-corrected chi connectivity index (χ1v) is 4.44. The Hall–Kier alpha value is -1.00. The van der Waals surface area contributed by atoms with Crippen LogP contribution in [0.4, 0.5) is 8.78 Å². The molecule has 0 bridgehead atoms. The third-order valence-electron chi connectivity index (χ3n) is 2.15. The van der Waals surface area contributed by atoms with E-state index in [-0.39, 0.29) is 5.56 Å². The second kappa shape index (κ2) is 4.48. The highest BCUT2D eigenvalue weighted by atomic mass is 19.1. The molecule has 0 aromatic heterocycles. The van der Waals surface area contributed by atoms with Gasteiger partial charge in [0, 0.05) is 11.6 Å². The number of benzene rings is 1. The van der Waals surface area contributed by atoms with Gasteiger partial charge >= 0.3 is 0 Å². The van der Waals surface area contributed by atoms with Crippen LogP contribution in [0.2, 0.25) is 0 Å². The second-order valence-electron chi connectivity index (χ2n) is 3.17. The Labute approximate surface area is 81.4 Å². The lowest BCUT2D eigenvalue weighted by molar-refractivity contribution is 0.139. The molecule has 0 unspecified atom stereocenters. The minimum absolute atomic E-state index is 0.140. The number of aliphatic hydroxyl groups is 1. The van der Waals surface area contributed by atoms with E-state index in [9.17, 15) is 13.9 Å². The Kier molecular flexibility index (Phi) is 3.55. The molecule has 0 heterocycles. The van der Waals surface area contributed by atoms with Crippen LogP contribution in [-0.2, 0) is 0 Å². The largest absolute Gasteiger partial charge is 0.391 e. The maximum atomic E-state index is 13.2. The summed E-state index contributed by atoms with van der Waals surface area (Å²) in [5, 5.41) is 9.39. The summed E-state index contributed by atoms with van der Waals surface area (Å²) in [7, 11) is 0. The van der Waals surface area contributed by atoms with E-state index in [1.807, 2.05) is 0 Å². The van der Waals surface area contributed by atoms with E-state index < -0.39 is 23.8 Å². The van der Waals surface area contributed by atoms with Crippen molar-refractivity contribution in [2.75, 3.05) is 0 Å². The Balaban J connectivity index is 2.95. The smallest absolute Gasteiger partial charge is 0.130 e. The molecule has 1 rings (SSSR count). The van der Waals surface area contributed by atoms with Crippen molar-refractivity contribution < 1.29 is 13.9 Å². The standard InChI is InChI=1S/C10H13F2NO/c1-2-9(14)10(13)7-4-3-6(11)5-8(7)12/h3-5,9-10,14H,2,13H2,1H3/t9-,10+/m0/s1. The summed E-state index contributed by atoms with van der Waals surface area (Å²) in [6.45, 7) is 1.74. The molecule has 4 heteroatoms. The van der Waals surface area contributed by atoms with Gasteiger partial charge in [-0.15, -0.1) is 0 Å². The monoisotopic (exact) mass is 201 g/mol. The molecule has 0 saturated heterocycles. The fourth-order valence-electron chi connectivity index (χ4n) is 1.23. The van der Waals surface area contributed by atoms with Gasteiger partial charge in [0.25, 0.3) is 0 Å². The summed E-state index contributed by atoms with van der Waals surface area (Å²) in [4.78, 5) is 0. The third-order valence-corrected chi connectivity index (χ3v) is 2.15. The van der Waals surface area contributed by atoms with Crippen molar-refractivity contribution in [2.45, 2.75) is 25.5 Å². The quantitative estimate of drug-likeness (QED) is 0.782. The first kappa shape index (κ1) is 11.1. The number of rotatable bonds is 3. The minimum Gasteiger partial charge on any atom is -0.391 e. The van der Waals surface area contributed by atoms with Crippen LogP contribution >= 0.6 is 0 Å². The highest BCUT2D eigenvalue weighted by Gasteiger charge is 2.18. The number of nitrogens with two attached hydrogens (primary N) is 1. The molecule has 78 valence electrons. The Morgan fingerprint density at radius 3 is 2.57 bits per heavy atom. The van der Waals surface area contributed by atoms with Crippen molar-refractivity contribution in [1.82, 2.24) is 0 Å². The molecule has 0 amide bonds. The van der Waals surface area contributed by atoms with Crippen LogP contribution in [-0.4, -0.2) is 11.2 Å². The van der Waals surface area contributed by atoms with Gasteiger partial charge < -0.3 is 10.8 Å². The molecule has 2 atom stereocenters. The molecular formula is C10H13F2NO. The molecule has 0 saturated carbocycles. The topological polar surface area (TPSA) is 46.2 Å². The maximum absolute atomic E-state index is 13.2. The number of hydrogen-bond donors (Lipinski definition) is 2. The first-order valence-electron chi connectivity index (χ1n) is 4.44. The van der Waals surface area contributed by atoms with E-state index >= 15 is 0 Å². The number of halogens is 2. The van der Waals surface area contributed by atoms with Crippen LogP contribution in [0.15, 0.2) is 18.2 Å². The lowest BCUT2D eigenvalue weighted by atomic mass is 10.0. The third kappa shape index (κ3) is 2.27. The first-order chi connectivity index (χ1) is 6.56. The highest BCUT2D eigenvalue weighted by molar-refractivity contribution is 5.22. The van der Waals surface area contributed by atoms with Crippen molar-refractivity contribution in [3.05, 3.63) is 35.4 Å². The van der Waals surface area contributed by atoms with Gasteiger partial charge in [-0.2, -0.15) is 0 Å². The molecule has 14 heavy (non-hydrogen) atoms. The number of aliphatic hydroxyl groups excluding tert-OH is 1. The Morgan fingerprint density at radius 1 is 1.43 bits per heavy atom. The summed E-state index contributed by atoms with van der Waals surface area (Å²) < 4.78 is 25.7. The van der Waals surface area contributed by atoms with Crippen LogP contribution < -0.4 is 5.73 Å². The zero-order valence-corrected chi connectivity index (χ0v) is 7.87. The van der Waals surface area contributed by atoms with Crippen molar-refractivity contribution in [1.29, 1.82) is 0 Å². The molecule has 0 aliphatic carbocycles.